The zero-order chi connectivity index (χ0) is 16.2. The Morgan fingerprint density at radius 2 is 2.22 bits per heavy atom. The highest BCUT2D eigenvalue weighted by Gasteiger charge is 2.15. The molecular weight excluding hydrogens is 321 g/mol. The molecule has 0 amide bonds. The monoisotopic (exact) mass is 333 g/mol. The van der Waals surface area contributed by atoms with Gasteiger partial charge in [0.1, 0.15) is 23.9 Å². The summed E-state index contributed by atoms with van der Waals surface area (Å²) in [5, 5.41) is 5.75. The van der Waals surface area contributed by atoms with Gasteiger partial charge in [0.2, 0.25) is 0 Å². The Bertz CT molecular complexity index is 813. The van der Waals surface area contributed by atoms with Gasteiger partial charge in [-0.1, -0.05) is 11.2 Å². The van der Waals surface area contributed by atoms with Crippen molar-refractivity contribution in [2.75, 3.05) is 7.11 Å². The summed E-state index contributed by atoms with van der Waals surface area (Å²) in [5.41, 5.74) is 0.295. The van der Waals surface area contributed by atoms with Crippen LogP contribution in [-0.4, -0.2) is 18.2 Å². The number of aromatic nitrogens is 1. The van der Waals surface area contributed by atoms with Crippen LogP contribution < -0.4 is 4.74 Å². The third-order valence-corrected chi connectivity index (χ3v) is 3.95. The molecule has 0 spiro atoms. The van der Waals surface area contributed by atoms with Crippen molar-refractivity contribution in [1.29, 1.82) is 0 Å². The maximum absolute atomic E-state index is 13.8. The summed E-state index contributed by atoms with van der Waals surface area (Å²) in [6.07, 6.45) is 0. The lowest BCUT2D eigenvalue weighted by Gasteiger charge is -2.05. The predicted molar refractivity (Wildman–Crippen MR) is 81.9 cm³/mol. The summed E-state index contributed by atoms with van der Waals surface area (Å²) in [4.78, 5) is 12.8. The minimum Gasteiger partial charge on any atom is -0.497 e. The lowest BCUT2D eigenvalue weighted by Crippen LogP contribution is -2.07. The summed E-state index contributed by atoms with van der Waals surface area (Å²) >= 11 is 1.51. The van der Waals surface area contributed by atoms with Gasteiger partial charge in [-0.3, -0.25) is 0 Å². The first-order chi connectivity index (χ1) is 11.2. The van der Waals surface area contributed by atoms with Gasteiger partial charge in [-0.15, -0.1) is 11.3 Å². The number of ether oxygens (including phenoxy) is 2. The summed E-state index contributed by atoms with van der Waals surface area (Å²) in [7, 11) is 1.42. The summed E-state index contributed by atoms with van der Waals surface area (Å²) in [6, 6.07) is 9.41. The lowest BCUT2D eigenvalue weighted by atomic mass is 10.2. The van der Waals surface area contributed by atoms with Gasteiger partial charge in [0.15, 0.2) is 5.76 Å². The Morgan fingerprint density at radius 1 is 1.35 bits per heavy atom. The molecule has 5 nitrogen and oxygen atoms in total. The van der Waals surface area contributed by atoms with Gasteiger partial charge in [0, 0.05) is 12.1 Å². The second kappa shape index (κ2) is 6.62. The molecule has 118 valence electrons. The van der Waals surface area contributed by atoms with Gasteiger partial charge in [0.25, 0.3) is 0 Å². The summed E-state index contributed by atoms with van der Waals surface area (Å²) in [6.45, 7) is -0.0980. The molecule has 2 heterocycles. The van der Waals surface area contributed by atoms with Crippen LogP contribution in [0, 0.1) is 5.82 Å². The molecule has 2 aromatic heterocycles. The maximum atomic E-state index is 13.8. The molecule has 0 aliphatic carbocycles. The summed E-state index contributed by atoms with van der Waals surface area (Å²) in [5.74, 6) is -0.544. The van der Waals surface area contributed by atoms with Crippen LogP contribution in [0.3, 0.4) is 0 Å². The first-order valence-corrected chi connectivity index (χ1v) is 7.55. The van der Waals surface area contributed by atoms with Crippen LogP contribution in [0.2, 0.25) is 0 Å². The van der Waals surface area contributed by atoms with Crippen LogP contribution in [0.4, 0.5) is 4.39 Å². The largest absolute Gasteiger partial charge is 0.497 e. The quantitative estimate of drug-likeness (QED) is 0.663. The van der Waals surface area contributed by atoms with E-state index in [1.165, 1.54) is 30.6 Å². The first-order valence-electron chi connectivity index (χ1n) is 6.67. The van der Waals surface area contributed by atoms with Gasteiger partial charge >= 0.3 is 5.97 Å². The van der Waals surface area contributed by atoms with Gasteiger partial charge < -0.3 is 14.0 Å². The molecule has 0 N–H and O–H groups in total. The highest BCUT2D eigenvalue weighted by atomic mass is 32.1. The number of carbonyl (C=O) groups excluding carboxylic acids is 1. The van der Waals surface area contributed by atoms with Crippen molar-refractivity contribution in [3.8, 4) is 16.4 Å². The molecule has 0 bridgehead atoms. The maximum Gasteiger partial charge on any atom is 0.341 e. The molecule has 7 heteroatoms. The lowest BCUT2D eigenvalue weighted by molar-refractivity contribution is 0.0459. The van der Waals surface area contributed by atoms with Crippen molar-refractivity contribution in [2.45, 2.75) is 6.61 Å². The molecule has 3 rings (SSSR count). The molecule has 0 fully saturated rings. The fraction of sp³-hybridized carbons (Fsp3) is 0.125. The van der Waals surface area contributed by atoms with Gasteiger partial charge in [0.05, 0.1) is 17.6 Å². The molecular formula is C16H12FNO4S. The standard InChI is InChI=1S/C16H12FNO4S/c1-20-11-4-5-12(13(17)8-11)16(19)21-9-10-7-14(22-18-10)15-3-2-6-23-15/h2-8H,9H2,1H3. The molecule has 3 aromatic rings. The number of hydrogen-bond acceptors (Lipinski definition) is 6. The average Bonchev–Trinajstić information content (AvgIpc) is 3.23. The van der Waals surface area contributed by atoms with Gasteiger partial charge in [-0.25, -0.2) is 9.18 Å². The Morgan fingerprint density at radius 3 is 2.91 bits per heavy atom. The molecule has 0 unspecified atom stereocenters. The smallest absolute Gasteiger partial charge is 0.341 e. The number of nitrogens with zero attached hydrogens (tertiary/aromatic N) is 1. The van der Waals surface area contributed by atoms with E-state index < -0.39 is 11.8 Å². The van der Waals surface area contributed by atoms with Crippen LogP contribution in [0.5, 0.6) is 5.75 Å². The van der Waals surface area contributed by atoms with Crippen molar-refractivity contribution in [3.05, 3.63) is 58.9 Å². The number of carbonyl (C=O) groups is 1. The van der Waals surface area contributed by atoms with E-state index in [0.29, 0.717) is 17.2 Å². The highest BCUT2D eigenvalue weighted by Crippen LogP contribution is 2.25. The van der Waals surface area contributed by atoms with E-state index in [0.717, 1.165) is 10.9 Å². The number of hydrogen-bond donors (Lipinski definition) is 0. The molecule has 0 atom stereocenters. The van der Waals surface area contributed by atoms with Gasteiger partial charge in [-0.05, 0) is 23.6 Å². The molecule has 0 aliphatic rings. The van der Waals surface area contributed by atoms with Crippen LogP contribution in [-0.2, 0) is 11.3 Å². The van der Waals surface area contributed by atoms with E-state index in [1.807, 2.05) is 17.5 Å². The van der Waals surface area contributed by atoms with Crippen molar-refractivity contribution < 1.29 is 23.2 Å². The third kappa shape index (κ3) is 3.40. The van der Waals surface area contributed by atoms with E-state index in [4.69, 9.17) is 14.0 Å². The summed E-state index contributed by atoms with van der Waals surface area (Å²) < 4.78 is 28.9. The predicted octanol–water partition coefficient (Wildman–Crippen LogP) is 3.91. The minimum atomic E-state index is -0.772. The fourth-order valence-electron chi connectivity index (χ4n) is 1.92. The second-order valence-electron chi connectivity index (χ2n) is 4.58. The Balaban J connectivity index is 1.65. The third-order valence-electron chi connectivity index (χ3n) is 3.07. The number of esters is 1. The molecule has 1 aromatic carbocycles. The fourth-order valence-corrected chi connectivity index (χ4v) is 2.59. The number of methoxy groups -OCH3 is 1. The van der Waals surface area contributed by atoms with Crippen LogP contribution in [0.25, 0.3) is 10.6 Å². The normalized spacial score (nSPS) is 10.5. The van der Waals surface area contributed by atoms with E-state index >= 15 is 0 Å². The van der Waals surface area contributed by atoms with Gasteiger partial charge in [-0.2, -0.15) is 0 Å². The topological polar surface area (TPSA) is 61.6 Å². The van der Waals surface area contributed by atoms with Crippen LogP contribution in [0.15, 0.2) is 46.3 Å². The molecule has 0 saturated carbocycles. The zero-order valence-corrected chi connectivity index (χ0v) is 12.9. The highest BCUT2D eigenvalue weighted by molar-refractivity contribution is 7.13. The number of thiophene rings is 1. The Labute approximate surface area is 135 Å². The van der Waals surface area contributed by atoms with Crippen molar-refractivity contribution >= 4 is 17.3 Å². The zero-order valence-electron chi connectivity index (χ0n) is 12.1. The van der Waals surface area contributed by atoms with Crippen LogP contribution in [0.1, 0.15) is 16.1 Å². The van der Waals surface area contributed by atoms with E-state index in [-0.39, 0.29) is 12.2 Å². The van der Waals surface area contributed by atoms with Crippen molar-refractivity contribution in [1.82, 2.24) is 5.16 Å². The second-order valence-corrected chi connectivity index (χ2v) is 5.53. The molecule has 0 aliphatic heterocycles. The number of halogens is 1. The SMILES string of the molecule is COc1ccc(C(=O)OCc2cc(-c3cccs3)on2)c(F)c1. The van der Waals surface area contributed by atoms with E-state index in [1.54, 1.807) is 6.07 Å². The Kier molecular flexibility index (Phi) is 4.38. The van der Waals surface area contributed by atoms with E-state index in [2.05, 4.69) is 5.16 Å². The molecule has 0 radical (unpaired) electrons. The minimum absolute atomic E-state index is 0.0980. The van der Waals surface area contributed by atoms with Crippen molar-refractivity contribution in [3.63, 3.8) is 0 Å². The van der Waals surface area contributed by atoms with E-state index in [9.17, 15) is 9.18 Å². The molecule has 0 saturated heterocycles. The van der Waals surface area contributed by atoms with Crippen molar-refractivity contribution in [2.24, 2.45) is 0 Å². The molecule has 23 heavy (non-hydrogen) atoms. The van der Waals surface area contributed by atoms with Crippen LogP contribution >= 0.6 is 11.3 Å². The average molecular weight is 333 g/mol. The number of benzene rings is 1. The number of rotatable bonds is 5. The Hall–Kier alpha value is -2.67. The first kappa shape index (κ1) is 15.2.